The Morgan fingerprint density at radius 3 is 1.44 bits per heavy atom. The number of amides is 10. The van der Waals surface area contributed by atoms with E-state index in [1.54, 1.807) is 69.2 Å². The average molecular weight is 1370 g/mol. The summed E-state index contributed by atoms with van der Waals surface area (Å²) in [6.45, 7) is 24.3. The number of carbonyl (C=O) groups is 13. The summed E-state index contributed by atoms with van der Waals surface area (Å²) in [7, 11) is 0. The number of fused-ring (bicyclic) bond motifs is 3. The van der Waals surface area contributed by atoms with E-state index in [4.69, 9.17) is 38.9 Å². The number of primary amides is 1. The maximum atomic E-state index is 14.9. The lowest BCUT2D eigenvalue weighted by Gasteiger charge is -2.45. The van der Waals surface area contributed by atoms with Crippen molar-refractivity contribution in [2.45, 2.75) is 227 Å². The molecule has 1 fully saturated rings. The van der Waals surface area contributed by atoms with Gasteiger partial charge in [0, 0.05) is 33.6 Å². The molecule has 0 aromatic heterocycles. The molecule has 0 bridgehead atoms. The number of hydrogen-bond acceptors (Lipinski definition) is 20. The van der Waals surface area contributed by atoms with Crippen molar-refractivity contribution in [3.63, 3.8) is 0 Å². The third-order valence-electron chi connectivity index (χ3n) is 15.1. The fraction of sp³-hybridized carbons (Fsp3) is 0.627. The van der Waals surface area contributed by atoms with E-state index in [9.17, 15) is 62.3 Å². The Labute approximate surface area is 566 Å². The van der Waals surface area contributed by atoms with E-state index in [2.05, 4.69) is 47.9 Å². The molecule has 4 rings (SSSR count). The highest BCUT2D eigenvalue weighted by Gasteiger charge is 2.52. The Morgan fingerprint density at radius 2 is 0.959 bits per heavy atom. The fourth-order valence-corrected chi connectivity index (χ4v) is 10.6. The molecule has 11 N–H and O–H groups in total. The largest absolute Gasteiger partial charge is 0.463 e. The van der Waals surface area contributed by atoms with E-state index in [1.165, 1.54) is 6.92 Å². The molecule has 2 aliphatic rings. The molecule has 0 radical (unpaired) electrons. The summed E-state index contributed by atoms with van der Waals surface area (Å²) < 4.78 is 39.6. The van der Waals surface area contributed by atoms with Crippen LogP contribution in [0.4, 0.5) is 4.79 Å². The molecule has 538 valence electrons. The Morgan fingerprint density at radius 1 is 0.505 bits per heavy atom. The van der Waals surface area contributed by atoms with Gasteiger partial charge in [-0.1, -0.05) is 90.1 Å². The molecule has 0 saturated carbocycles. The molecule has 1 saturated heterocycles. The molecule has 1 aliphatic heterocycles. The minimum Gasteiger partial charge on any atom is -0.463 e. The first-order valence-corrected chi connectivity index (χ1v) is 32.4. The number of nitrogens with one attached hydrogen (secondary N) is 9. The molecule has 97 heavy (non-hydrogen) atoms. The van der Waals surface area contributed by atoms with Crippen LogP contribution in [0.15, 0.2) is 48.5 Å². The van der Waals surface area contributed by atoms with Crippen LogP contribution < -0.4 is 53.6 Å². The third kappa shape index (κ3) is 26.3. The van der Waals surface area contributed by atoms with Gasteiger partial charge in [-0.15, -0.1) is 0 Å². The van der Waals surface area contributed by atoms with Crippen molar-refractivity contribution in [1.82, 2.24) is 47.9 Å². The van der Waals surface area contributed by atoms with Crippen molar-refractivity contribution in [2.24, 2.45) is 23.5 Å². The predicted molar refractivity (Wildman–Crippen MR) is 350 cm³/mol. The molecule has 1 aliphatic carbocycles. The van der Waals surface area contributed by atoms with Crippen molar-refractivity contribution in [1.29, 1.82) is 0 Å². The number of nitrogens with two attached hydrogens (primary N) is 1. The van der Waals surface area contributed by atoms with E-state index in [1.807, 2.05) is 62.4 Å². The van der Waals surface area contributed by atoms with E-state index in [-0.39, 0.29) is 37.2 Å². The lowest BCUT2D eigenvalue weighted by Crippen LogP contribution is -2.69. The smallest absolute Gasteiger partial charge is 0.407 e. The Hall–Kier alpha value is -8.77. The van der Waals surface area contributed by atoms with Crippen LogP contribution in [0.2, 0.25) is 0 Å². The summed E-state index contributed by atoms with van der Waals surface area (Å²) in [5.74, 6) is -12.7. The first-order chi connectivity index (χ1) is 45.1. The average Bonchev–Trinajstić information content (AvgIpc) is 1.75. The standard InChI is InChI=1S/C67H100N10O20/c1-33(2)26-46(71-58(84)36(7)69-65(90)92-29-45-43-24-20-18-22-41(43)42-23-19-21-25-44(42)45)59(85)72-47(27-34(3)4)61(87)77-53(35(5)6)63(89)73-48(60(86)75-50(31-94-67(15,16)17)62(88)74-49(57(68)83)30-93-66(12,13)14)28-52(82)76-64-54(70-37(8)78)56(96-40(11)81)55(95-39(10)80)51(97-64)32-91-38(9)79/h18-25,33-36,45-51,53-56,64H,26-32H2,1-17H3,(H2,68,83)(H,69,90)(H,70,78)(H,71,84)(H,72,85)(H,73,89)(H,74,88)(H,75,86)(H,76,82)(H,77,87)/t36-,46-,47-,48-,49-,50-,51+,53-,54+,55+,56+,64+/m0/s1. The number of carbonyl (C=O) groups excluding carboxylic acids is 13. The van der Waals surface area contributed by atoms with Crippen LogP contribution in [-0.2, 0) is 90.7 Å². The molecule has 30 heteroatoms. The second-order valence-electron chi connectivity index (χ2n) is 27.3. The van der Waals surface area contributed by atoms with E-state index >= 15 is 0 Å². The second kappa shape index (κ2) is 36.5. The predicted octanol–water partition coefficient (Wildman–Crippen LogP) is 1.85. The highest BCUT2D eigenvalue weighted by atomic mass is 16.6. The molecule has 0 unspecified atom stereocenters. The van der Waals surface area contributed by atoms with Gasteiger partial charge in [0.2, 0.25) is 53.2 Å². The summed E-state index contributed by atoms with van der Waals surface area (Å²) in [4.78, 5) is 177. The van der Waals surface area contributed by atoms with Crippen LogP contribution in [0.25, 0.3) is 11.1 Å². The molecule has 2 aromatic carbocycles. The van der Waals surface area contributed by atoms with Gasteiger partial charge in [-0.25, -0.2) is 4.79 Å². The Bertz CT molecular complexity index is 3100. The first kappa shape index (κ1) is 80.7. The minimum absolute atomic E-state index is 0.000710. The van der Waals surface area contributed by atoms with Gasteiger partial charge in [0.25, 0.3) is 0 Å². The zero-order valence-electron chi connectivity index (χ0n) is 58.5. The van der Waals surface area contributed by atoms with Gasteiger partial charge in [-0.05, 0) is 101 Å². The van der Waals surface area contributed by atoms with Gasteiger partial charge in [0.1, 0.15) is 67.7 Å². The number of alkyl carbamates (subject to hydrolysis) is 1. The van der Waals surface area contributed by atoms with Crippen LogP contribution in [0.1, 0.15) is 154 Å². The van der Waals surface area contributed by atoms with Crippen molar-refractivity contribution in [3.8, 4) is 11.1 Å². The summed E-state index contributed by atoms with van der Waals surface area (Å²) in [5.41, 5.74) is 7.95. The Balaban J connectivity index is 1.66. The van der Waals surface area contributed by atoms with Crippen molar-refractivity contribution in [3.05, 3.63) is 59.7 Å². The van der Waals surface area contributed by atoms with Crippen LogP contribution in [0.5, 0.6) is 0 Å². The molecule has 2 aromatic rings. The molecule has 12 atom stereocenters. The second-order valence-corrected chi connectivity index (χ2v) is 27.3. The molecule has 0 spiro atoms. The Kier molecular flexibility index (Phi) is 30.4. The summed E-state index contributed by atoms with van der Waals surface area (Å²) in [6.07, 6.45) is -8.24. The van der Waals surface area contributed by atoms with Crippen molar-refractivity contribution < 1.29 is 95.5 Å². The highest BCUT2D eigenvalue weighted by Crippen LogP contribution is 2.44. The molecular formula is C67H100N10O20. The first-order valence-electron chi connectivity index (χ1n) is 32.4. The van der Waals surface area contributed by atoms with Crippen LogP contribution in [0.3, 0.4) is 0 Å². The van der Waals surface area contributed by atoms with Crippen molar-refractivity contribution >= 4 is 77.2 Å². The zero-order chi connectivity index (χ0) is 73.0. The van der Waals surface area contributed by atoms with Crippen LogP contribution in [0, 0.1) is 17.8 Å². The monoisotopic (exact) mass is 1360 g/mol. The summed E-state index contributed by atoms with van der Waals surface area (Å²) in [6, 6.07) is 3.55. The van der Waals surface area contributed by atoms with E-state index < -0.39 is 193 Å². The normalized spacial score (nSPS) is 18.9. The van der Waals surface area contributed by atoms with E-state index in [0.29, 0.717) is 0 Å². The quantitative estimate of drug-likeness (QED) is 0.0360. The number of rotatable bonds is 33. The summed E-state index contributed by atoms with van der Waals surface area (Å²) in [5, 5.41) is 23.1. The van der Waals surface area contributed by atoms with Gasteiger partial charge in [-0.3, -0.25) is 57.5 Å². The van der Waals surface area contributed by atoms with Gasteiger partial charge in [0.05, 0.1) is 30.8 Å². The minimum atomic E-state index is -2.00. The van der Waals surface area contributed by atoms with Crippen LogP contribution in [-0.4, -0.2) is 188 Å². The number of esters is 3. The molecular weight excluding hydrogens is 1260 g/mol. The maximum absolute atomic E-state index is 14.9. The van der Waals surface area contributed by atoms with Crippen molar-refractivity contribution in [2.75, 3.05) is 26.4 Å². The fourth-order valence-electron chi connectivity index (χ4n) is 10.6. The number of benzene rings is 2. The van der Waals surface area contributed by atoms with Gasteiger partial charge in [-0.2, -0.15) is 0 Å². The zero-order valence-corrected chi connectivity index (χ0v) is 58.5. The van der Waals surface area contributed by atoms with Gasteiger partial charge in [0.15, 0.2) is 18.4 Å². The van der Waals surface area contributed by atoms with Gasteiger partial charge >= 0.3 is 24.0 Å². The number of hydrogen-bond donors (Lipinski definition) is 10. The van der Waals surface area contributed by atoms with Gasteiger partial charge < -0.3 is 86.7 Å². The SMILES string of the molecule is CC(=O)N[C@@H]1[C@@H](OC(C)=O)[C@H](OC(C)=O)[C@@H](COC(C)=O)O[C@H]1NC(=O)C[C@H](NC(=O)[C@@H](NC(=O)[C@H](CC(C)C)NC(=O)[C@H](CC(C)C)NC(=O)[C@H](C)NC(=O)OCC1c2ccccc2-c2ccccc21)C(C)C)C(=O)N[C@@H](COC(C)(C)C)C(=O)N[C@@H](COC(C)(C)C)C(N)=O. The highest BCUT2D eigenvalue weighted by molar-refractivity contribution is 5.99. The maximum Gasteiger partial charge on any atom is 0.407 e. The molecule has 10 amide bonds. The molecule has 1 heterocycles. The van der Waals surface area contributed by atoms with Crippen LogP contribution >= 0.6 is 0 Å². The number of ether oxygens (including phenoxy) is 7. The van der Waals surface area contributed by atoms with E-state index in [0.717, 1.165) is 49.9 Å². The lowest BCUT2D eigenvalue weighted by atomic mass is 9.94. The molecule has 30 nitrogen and oxygen atoms in total. The topological polar surface area (TPSA) is 421 Å². The lowest BCUT2D eigenvalue weighted by molar-refractivity contribution is -0.228. The third-order valence-corrected chi connectivity index (χ3v) is 15.1. The summed E-state index contributed by atoms with van der Waals surface area (Å²) >= 11 is 0.